The van der Waals surface area contributed by atoms with Crippen molar-refractivity contribution in [3.05, 3.63) is 65.7 Å². The number of rotatable bonds is 6. The van der Waals surface area contributed by atoms with Gasteiger partial charge in [0.25, 0.3) is 0 Å². The van der Waals surface area contributed by atoms with Crippen molar-refractivity contribution in [3.63, 3.8) is 0 Å². The van der Waals surface area contributed by atoms with Crippen molar-refractivity contribution in [3.8, 4) is 0 Å². The molecule has 2 aromatic carbocycles. The van der Waals surface area contributed by atoms with E-state index < -0.39 is 5.79 Å². The van der Waals surface area contributed by atoms with Crippen LogP contribution in [0.5, 0.6) is 0 Å². The third-order valence-electron chi connectivity index (χ3n) is 4.76. The first-order valence-corrected chi connectivity index (χ1v) is 11.5. The maximum absolute atomic E-state index is 6.43. The summed E-state index contributed by atoms with van der Waals surface area (Å²) >= 11 is 0.280. The van der Waals surface area contributed by atoms with E-state index in [1.807, 2.05) is 0 Å². The molecule has 0 bridgehead atoms. The average Bonchev–Trinajstić information content (AvgIpc) is 2.90. The topological polar surface area (TPSA) is 18.5 Å². The Kier molecular flexibility index (Phi) is 6.94. The molecule has 0 spiro atoms. The van der Waals surface area contributed by atoms with Crippen molar-refractivity contribution in [2.24, 2.45) is 5.92 Å². The van der Waals surface area contributed by atoms with Gasteiger partial charge in [0.2, 0.25) is 0 Å². The molecule has 3 heteroatoms. The summed E-state index contributed by atoms with van der Waals surface area (Å²) in [6.07, 6.45) is 3.25. The van der Waals surface area contributed by atoms with E-state index >= 15 is 0 Å². The molecule has 3 rings (SSSR count). The maximum atomic E-state index is 6.43. The molecule has 140 valence electrons. The Morgan fingerprint density at radius 3 is 2.08 bits per heavy atom. The number of hydrogen-bond acceptors (Lipinski definition) is 2. The Hall–Kier alpha value is -1.12. The van der Waals surface area contributed by atoms with Crippen LogP contribution in [0.2, 0.25) is 4.82 Å². The number of ether oxygens (including phenoxy) is 2. The van der Waals surface area contributed by atoms with E-state index in [9.17, 15) is 0 Å². The van der Waals surface area contributed by atoms with Gasteiger partial charge in [0.05, 0.1) is 0 Å². The zero-order valence-electron chi connectivity index (χ0n) is 16.1. The fraction of sp³-hybridized carbons (Fsp3) is 0.478. The van der Waals surface area contributed by atoms with Crippen molar-refractivity contribution in [2.45, 2.75) is 50.6 Å². The van der Waals surface area contributed by atoms with E-state index in [1.165, 1.54) is 10.0 Å². The van der Waals surface area contributed by atoms with E-state index in [1.54, 1.807) is 0 Å². The van der Waals surface area contributed by atoms with Gasteiger partial charge in [-0.25, -0.2) is 0 Å². The first-order valence-electron chi connectivity index (χ1n) is 9.69. The van der Waals surface area contributed by atoms with Crippen LogP contribution in [0.4, 0.5) is 0 Å². The molecule has 1 fully saturated rings. The third-order valence-corrected chi connectivity index (χ3v) is 7.30. The second-order valence-electron chi connectivity index (χ2n) is 7.44. The minimum atomic E-state index is -0.622. The fourth-order valence-electron chi connectivity index (χ4n) is 3.45. The summed E-state index contributed by atoms with van der Waals surface area (Å²) in [5.74, 6) is 0.0448. The van der Waals surface area contributed by atoms with Crippen LogP contribution >= 0.6 is 0 Å². The zero-order valence-corrected chi connectivity index (χ0v) is 17.8. The zero-order chi connectivity index (χ0) is 18.4. The molecular weight excluding hydrogens is 387 g/mol. The Labute approximate surface area is 164 Å². The van der Waals surface area contributed by atoms with Crippen LogP contribution in [0.3, 0.4) is 0 Å². The molecule has 0 radical (unpaired) electrons. The van der Waals surface area contributed by atoms with Gasteiger partial charge >= 0.3 is 164 Å². The summed E-state index contributed by atoms with van der Waals surface area (Å²) in [7, 11) is 0. The molecule has 2 aromatic rings. The van der Waals surface area contributed by atoms with Gasteiger partial charge in [-0.3, -0.25) is 0 Å². The van der Waals surface area contributed by atoms with Crippen LogP contribution in [0.15, 0.2) is 54.6 Å². The van der Waals surface area contributed by atoms with Crippen molar-refractivity contribution in [1.29, 1.82) is 0 Å². The molecule has 1 atom stereocenters. The predicted octanol–water partition coefficient (Wildman–Crippen LogP) is 4.70. The monoisotopic (exact) mass is 418 g/mol. The van der Waals surface area contributed by atoms with Crippen molar-refractivity contribution in [1.82, 2.24) is 0 Å². The first-order chi connectivity index (χ1) is 12.6. The Bertz CT molecular complexity index is 658. The van der Waals surface area contributed by atoms with Crippen LogP contribution in [0.1, 0.15) is 44.7 Å². The van der Waals surface area contributed by atoms with E-state index in [-0.39, 0.29) is 15.0 Å². The van der Waals surface area contributed by atoms with Crippen molar-refractivity contribution in [2.75, 3.05) is 13.2 Å². The number of hydrogen-bond donors (Lipinski definition) is 0. The van der Waals surface area contributed by atoms with E-state index in [2.05, 4.69) is 75.4 Å². The van der Waals surface area contributed by atoms with Gasteiger partial charge < -0.3 is 0 Å². The van der Waals surface area contributed by atoms with Crippen LogP contribution in [-0.2, 0) is 21.7 Å². The molecule has 1 unspecified atom stereocenters. The van der Waals surface area contributed by atoms with Gasteiger partial charge in [-0.15, -0.1) is 0 Å². The molecule has 1 aliphatic rings. The quantitative estimate of drug-likeness (QED) is 0.635. The van der Waals surface area contributed by atoms with Gasteiger partial charge in [-0.2, -0.15) is 0 Å². The Balaban J connectivity index is 1.88. The predicted molar refractivity (Wildman–Crippen MR) is 109 cm³/mol. The van der Waals surface area contributed by atoms with Crippen LogP contribution in [0, 0.1) is 5.92 Å². The molecule has 1 aliphatic heterocycles. The van der Waals surface area contributed by atoms with Crippen molar-refractivity contribution >= 4 is 19.4 Å². The number of benzene rings is 2. The van der Waals surface area contributed by atoms with Gasteiger partial charge in [0, 0.05) is 0 Å². The second-order valence-corrected chi connectivity index (χ2v) is 10.4. The van der Waals surface area contributed by atoms with E-state index in [4.69, 9.17) is 9.47 Å². The van der Waals surface area contributed by atoms with Crippen molar-refractivity contribution < 1.29 is 9.47 Å². The summed E-state index contributed by atoms with van der Waals surface area (Å²) in [4.78, 5) is 0.298. The molecule has 2 nitrogen and oxygen atoms in total. The summed E-state index contributed by atoms with van der Waals surface area (Å²) < 4.78 is 14.2. The standard InChI is InChI=1S/C23H30O2Se/c1-18(2)17-20-11-13-21(14-12-20)23(24-15-7-8-16-25-23)19(3)26-22-9-5-4-6-10-22/h4-6,9-14,18-19H,7-8,15-17H2,1-3H3. The van der Waals surface area contributed by atoms with E-state index in [0.717, 1.165) is 38.0 Å². The van der Waals surface area contributed by atoms with Crippen LogP contribution in [0.25, 0.3) is 0 Å². The average molecular weight is 417 g/mol. The summed E-state index contributed by atoms with van der Waals surface area (Å²) in [5, 5.41) is 0. The molecule has 0 amide bonds. The fourth-order valence-corrected chi connectivity index (χ4v) is 5.87. The normalized spacial score (nSPS) is 18.5. The molecule has 0 N–H and O–H groups in total. The Morgan fingerprint density at radius 2 is 1.50 bits per heavy atom. The molecule has 0 saturated carbocycles. The molecule has 1 heterocycles. The van der Waals surface area contributed by atoms with Crippen LogP contribution in [-0.4, -0.2) is 28.2 Å². The van der Waals surface area contributed by atoms with Gasteiger partial charge in [0.1, 0.15) is 0 Å². The molecule has 26 heavy (non-hydrogen) atoms. The van der Waals surface area contributed by atoms with E-state index in [0.29, 0.717) is 10.7 Å². The summed E-state index contributed by atoms with van der Waals surface area (Å²) in [6.45, 7) is 8.33. The Morgan fingerprint density at radius 1 is 0.885 bits per heavy atom. The minimum absolute atomic E-state index is 0.280. The molecule has 0 aromatic heterocycles. The second kappa shape index (κ2) is 9.19. The van der Waals surface area contributed by atoms with Gasteiger partial charge in [-0.1, -0.05) is 0 Å². The molecule has 0 aliphatic carbocycles. The summed E-state index contributed by atoms with van der Waals surface area (Å²) in [5.41, 5.74) is 2.55. The molecule has 1 saturated heterocycles. The SMILES string of the molecule is CC(C)Cc1ccc(C2(C(C)[Se]c3ccccc3)OCCCCO2)cc1. The first kappa shape index (κ1) is 19.6. The summed E-state index contributed by atoms with van der Waals surface area (Å²) in [6, 6.07) is 19.7. The van der Waals surface area contributed by atoms with Gasteiger partial charge in [-0.05, 0) is 0 Å². The van der Waals surface area contributed by atoms with Crippen LogP contribution < -0.4 is 4.46 Å². The third kappa shape index (κ3) is 4.78. The van der Waals surface area contributed by atoms with Gasteiger partial charge in [0.15, 0.2) is 0 Å². The molecular formula is C23H30O2Se.